The van der Waals surface area contributed by atoms with Crippen molar-refractivity contribution in [3.63, 3.8) is 0 Å². The first-order valence-electron chi connectivity index (χ1n) is 7.58. The van der Waals surface area contributed by atoms with E-state index in [2.05, 4.69) is 15.3 Å². The number of carbonyl (C=O) groups excluding carboxylic acids is 2. The molecule has 0 bridgehead atoms. The predicted molar refractivity (Wildman–Crippen MR) is 84.4 cm³/mol. The second-order valence-electron chi connectivity index (χ2n) is 6.09. The van der Waals surface area contributed by atoms with Crippen LogP contribution in [0.2, 0.25) is 0 Å². The molecule has 3 heterocycles. The summed E-state index contributed by atoms with van der Waals surface area (Å²) in [5.41, 5.74) is 0.228. The van der Waals surface area contributed by atoms with Crippen molar-refractivity contribution in [2.24, 2.45) is 5.92 Å². The van der Waals surface area contributed by atoms with Gasteiger partial charge >= 0.3 is 0 Å². The second kappa shape index (κ2) is 6.10. The lowest BCUT2D eigenvalue weighted by Gasteiger charge is -2.27. The smallest absolute Gasteiger partial charge is 0.274 e. The van der Waals surface area contributed by atoms with E-state index in [9.17, 15) is 18.0 Å². The summed E-state index contributed by atoms with van der Waals surface area (Å²) in [6.07, 6.45) is 5.81. The molecule has 1 N–H and O–H groups in total. The van der Waals surface area contributed by atoms with Gasteiger partial charge in [-0.1, -0.05) is 0 Å². The van der Waals surface area contributed by atoms with Gasteiger partial charge in [-0.25, -0.2) is 13.4 Å². The van der Waals surface area contributed by atoms with Gasteiger partial charge in [-0.05, 0) is 12.3 Å². The summed E-state index contributed by atoms with van der Waals surface area (Å²) >= 11 is 0. The van der Waals surface area contributed by atoms with Crippen molar-refractivity contribution < 1.29 is 18.0 Å². The molecular formula is C14H19N5O4S. The molecule has 3 atom stereocenters. The highest BCUT2D eigenvalue weighted by molar-refractivity contribution is 7.88. The van der Waals surface area contributed by atoms with Gasteiger partial charge in [0, 0.05) is 38.6 Å². The number of carbonyl (C=O) groups is 2. The van der Waals surface area contributed by atoms with Gasteiger partial charge in [-0.3, -0.25) is 14.6 Å². The van der Waals surface area contributed by atoms with Crippen LogP contribution in [0.4, 0.5) is 0 Å². The zero-order valence-corrected chi connectivity index (χ0v) is 14.2. The number of sulfonamides is 1. The van der Waals surface area contributed by atoms with E-state index >= 15 is 0 Å². The molecule has 1 aromatic heterocycles. The molecule has 2 aliphatic heterocycles. The third-order valence-electron chi connectivity index (χ3n) is 4.57. The number of aromatic nitrogens is 2. The summed E-state index contributed by atoms with van der Waals surface area (Å²) in [5, 5.41) is 2.51. The van der Waals surface area contributed by atoms with E-state index in [1.807, 2.05) is 0 Å². The molecular weight excluding hydrogens is 334 g/mol. The van der Waals surface area contributed by atoms with Crippen molar-refractivity contribution in [3.05, 3.63) is 24.3 Å². The second-order valence-corrected chi connectivity index (χ2v) is 7.97. The Hall–Kier alpha value is -2.07. The number of rotatable bonds is 3. The molecule has 9 nitrogen and oxygen atoms in total. The van der Waals surface area contributed by atoms with Crippen LogP contribution in [0.5, 0.6) is 0 Å². The van der Waals surface area contributed by atoms with Crippen LogP contribution < -0.4 is 5.32 Å². The SMILES string of the molecule is CNC(=O)[C@@H]1C[C@H]2CN(C(=O)c3cnccn3)C[C@H]2N1S(C)(=O)=O. The highest BCUT2D eigenvalue weighted by atomic mass is 32.2. The van der Waals surface area contributed by atoms with Crippen molar-refractivity contribution >= 4 is 21.8 Å². The first-order chi connectivity index (χ1) is 11.3. The van der Waals surface area contributed by atoms with Crippen molar-refractivity contribution in [2.75, 3.05) is 26.4 Å². The number of nitrogens with zero attached hydrogens (tertiary/aromatic N) is 4. The largest absolute Gasteiger partial charge is 0.358 e. The lowest BCUT2D eigenvalue weighted by atomic mass is 10.0. The summed E-state index contributed by atoms with van der Waals surface area (Å²) in [6, 6.07) is -1.10. The van der Waals surface area contributed by atoms with Gasteiger partial charge in [0.15, 0.2) is 0 Å². The van der Waals surface area contributed by atoms with E-state index in [0.717, 1.165) is 6.26 Å². The molecule has 0 saturated carbocycles. The normalized spacial score (nSPS) is 27.1. The molecule has 24 heavy (non-hydrogen) atoms. The molecule has 10 heteroatoms. The van der Waals surface area contributed by atoms with Crippen LogP contribution in [0.15, 0.2) is 18.6 Å². The average molecular weight is 353 g/mol. The number of likely N-dealkylation sites (N-methyl/N-ethyl adjacent to an activating group) is 1. The number of hydrogen-bond acceptors (Lipinski definition) is 6. The Morgan fingerprint density at radius 1 is 1.29 bits per heavy atom. The van der Waals surface area contributed by atoms with Crippen LogP contribution in [-0.4, -0.2) is 77.9 Å². The van der Waals surface area contributed by atoms with Gasteiger partial charge in [0.05, 0.1) is 12.5 Å². The summed E-state index contributed by atoms with van der Waals surface area (Å²) in [7, 11) is -2.08. The van der Waals surface area contributed by atoms with Gasteiger partial charge in [0.1, 0.15) is 11.7 Å². The van der Waals surface area contributed by atoms with E-state index in [1.165, 1.54) is 29.9 Å². The summed E-state index contributed by atoms with van der Waals surface area (Å²) in [5.74, 6) is -0.660. The van der Waals surface area contributed by atoms with Crippen molar-refractivity contribution in [1.82, 2.24) is 24.5 Å². The highest BCUT2D eigenvalue weighted by Crippen LogP contribution is 2.37. The molecule has 2 aliphatic rings. The van der Waals surface area contributed by atoms with Crippen molar-refractivity contribution in [1.29, 1.82) is 0 Å². The highest BCUT2D eigenvalue weighted by Gasteiger charge is 2.53. The topological polar surface area (TPSA) is 113 Å². The third-order valence-corrected chi connectivity index (χ3v) is 5.86. The zero-order valence-electron chi connectivity index (χ0n) is 13.4. The van der Waals surface area contributed by atoms with Crippen LogP contribution in [0.25, 0.3) is 0 Å². The maximum Gasteiger partial charge on any atom is 0.274 e. The van der Waals surface area contributed by atoms with Gasteiger partial charge < -0.3 is 10.2 Å². The molecule has 0 spiro atoms. The summed E-state index contributed by atoms with van der Waals surface area (Å²) in [4.78, 5) is 34.0. The summed E-state index contributed by atoms with van der Waals surface area (Å²) < 4.78 is 25.6. The zero-order chi connectivity index (χ0) is 17.5. The van der Waals surface area contributed by atoms with E-state index in [0.29, 0.717) is 13.0 Å². The molecule has 1 aromatic rings. The van der Waals surface area contributed by atoms with Gasteiger partial charge in [0.2, 0.25) is 15.9 Å². The van der Waals surface area contributed by atoms with E-state index in [-0.39, 0.29) is 36.0 Å². The van der Waals surface area contributed by atoms with Gasteiger partial charge in [0.25, 0.3) is 5.91 Å². The molecule has 0 aromatic carbocycles. The maximum absolute atomic E-state index is 12.5. The molecule has 2 amide bonds. The number of fused-ring (bicyclic) bond motifs is 1. The lowest BCUT2D eigenvalue weighted by molar-refractivity contribution is -0.124. The molecule has 2 fully saturated rings. The minimum Gasteiger partial charge on any atom is -0.358 e. The summed E-state index contributed by atoms with van der Waals surface area (Å²) in [6.45, 7) is 0.653. The Morgan fingerprint density at radius 2 is 2.04 bits per heavy atom. The molecule has 0 aliphatic carbocycles. The standard InChI is InChI=1S/C14H19N5O4S/c1-15-13(20)11-5-9-7-18(8-12(9)19(11)24(2,22)23)14(21)10-6-16-3-4-17-10/h3-4,6,9,11-12H,5,7-8H2,1-2H3,(H,15,20)/t9-,11-,12+/m0/s1. The number of nitrogens with one attached hydrogen (secondary N) is 1. The van der Waals surface area contributed by atoms with Crippen LogP contribution in [0.1, 0.15) is 16.9 Å². The molecule has 2 saturated heterocycles. The Kier molecular flexibility index (Phi) is 4.26. The molecule has 130 valence electrons. The molecule has 0 radical (unpaired) electrons. The van der Waals surface area contributed by atoms with Crippen LogP contribution in [-0.2, 0) is 14.8 Å². The first kappa shape index (κ1) is 16.8. The first-order valence-corrected chi connectivity index (χ1v) is 9.43. The van der Waals surface area contributed by atoms with E-state index in [1.54, 1.807) is 4.90 Å². The Bertz CT molecular complexity index is 754. The minimum absolute atomic E-state index is 0.0670. The number of amides is 2. The third kappa shape index (κ3) is 2.86. The molecule has 3 rings (SSSR count). The fourth-order valence-electron chi connectivity index (χ4n) is 3.60. The average Bonchev–Trinajstić information content (AvgIpc) is 3.10. The fourth-order valence-corrected chi connectivity index (χ4v) is 4.97. The fraction of sp³-hybridized carbons (Fsp3) is 0.571. The Balaban J connectivity index is 1.82. The minimum atomic E-state index is -3.57. The maximum atomic E-state index is 12.5. The van der Waals surface area contributed by atoms with Crippen LogP contribution >= 0.6 is 0 Å². The van der Waals surface area contributed by atoms with Gasteiger partial charge in [-0.15, -0.1) is 0 Å². The van der Waals surface area contributed by atoms with Crippen LogP contribution in [0, 0.1) is 5.92 Å². The van der Waals surface area contributed by atoms with Gasteiger partial charge in [-0.2, -0.15) is 4.31 Å². The monoisotopic (exact) mass is 353 g/mol. The quantitative estimate of drug-likeness (QED) is 0.722. The molecule has 0 unspecified atom stereocenters. The predicted octanol–water partition coefficient (Wildman–Crippen LogP) is -1.30. The van der Waals surface area contributed by atoms with E-state index < -0.39 is 16.1 Å². The Morgan fingerprint density at radius 3 is 2.62 bits per heavy atom. The van der Waals surface area contributed by atoms with Crippen molar-refractivity contribution in [2.45, 2.75) is 18.5 Å². The van der Waals surface area contributed by atoms with Crippen molar-refractivity contribution in [3.8, 4) is 0 Å². The number of hydrogen-bond donors (Lipinski definition) is 1. The lowest BCUT2D eigenvalue weighted by Crippen LogP contribution is -2.49. The van der Waals surface area contributed by atoms with E-state index in [4.69, 9.17) is 0 Å². The number of likely N-dealkylation sites (tertiary alicyclic amines) is 1. The van der Waals surface area contributed by atoms with Crippen LogP contribution in [0.3, 0.4) is 0 Å². The Labute approximate surface area is 140 Å².